The minimum atomic E-state index is -0.506. The number of hydrogen-bond donors (Lipinski definition) is 1. The van der Waals surface area contributed by atoms with Gasteiger partial charge < -0.3 is 5.32 Å². The predicted octanol–water partition coefficient (Wildman–Crippen LogP) is 2.66. The standard InChI is InChI=1S/C18H19N5O/c1-2-14-8-10-16(11-9-14)20-18(24)17(23-13-19-21-22-23)12-15-6-4-3-5-7-15/h3-11,13,17H,2,12H2,1H3,(H,20,24)/t17-/m0/s1. The largest absolute Gasteiger partial charge is 0.324 e. The molecule has 1 N–H and O–H groups in total. The molecule has 1 amide bonds. The van der Waals surface area contributed by atoms with Crippen molar-refractivity contribution < 1.29 is 4.79 Å². The summed E-state index contributed by atoms with van der Waals surface area (Å²) in [6, 6.07) is 17.2. The summed E-state index contributed by atoms with van der Waals surface area (Å²) in [5, 5.41) is 14.1. The quantitative estimate of drug-likeness (QED) is 0.757. The Morgan fingerprint density at radius 1 is 1.08 bits per heavy atom. The first-order valence-electron chi connectivity index (χ1n) is 7.92. The molecule has 6 heteroatoms. The molecule has 0 aliphatic rings. The van der Waals surface area contributed by atoms with Gasteiger partial charge in [0.1, 0.15) is 12.4 Å². The smallest absolute Gasteiger partial charge is 0.249 e. The average molecular weight is 321 g/mol. The van der Waals surface area contributed by atoms with E-state index in [1.807, 2.05) is 54.6 Å². The van der Waals surface area contributed by atoms with Crippen molar-refractivity contribution in [3.05, 3.63) is 72.1 Å². The Morgan fingerprint density at radius 3 is 2.46 bits per heavy atom. The summed E-state index contributed by atoms with van der Waals surface area (Å²) in [7, 11) is 0. The number of benzene rings is 2. The lowest BCUT2D eigenvalue weighted by Gasteiger charge is -2.16. The molecule has 6 nitrogen and oxygen atoms in total. The Balaban J connectivity index is 1.78. The van der Waals surface area contributed by atoms with Gasteiger partial charge in [0.2, 0.25) is 5.91 Å². The van der Waals surface area contributed by atoms with E-state index in [2.05, 4.69) is 27.8 Å². The van der Waals surface area contributed by atoms with Crippen LogP contribution >= 0.6 is 0 Å². The zero-order valence-electron chi connectivity index (χ0n) is 13.5. The second-order valence-electron chi connectivity index (χ2n) is 5.54. The molecule has 0 bridgehead atoms. The maximum absolute atomic E-state index is 12.7. The van der Waals surface area contributed by atoms with Crippen LogP contribution in [-0.4, -0.2) is 26.1 Å². The predicted molar refractivity (Wildman–Crippen MR) is 91.4 cm³/mol. The summed E-state index contributed by atoms with van der Waals surface area (Å²) in [5.74, 6) is -0.143. The summed E-state index contributed by atoms with van der Waals surface area (Å²) in [6.45, 7) is 2.10. The van der Waals surface area contributed by atoms with E-state index >= 15 is 0 Å². The normalized spacial score (nSPS) is 11.9. The molecule has 0 unspecified atom stereocenters. The number of nitrogens with one attached hydrogen (secondary N) is 1. The van der Waals surface area contributed by atoms with Crippen LogP contribution in [-0.2, 0) is 17.6 Å². The molecular weight excluding hydrogens is 302 g/mol. The maximum Gasteiger partial charge on any atom is 0.249 e. The number of aromatic nitrogens is 4. The van der Waals surface area contributed by atoms with Crippen molar-refractivity contribution in [1.82, 2.24) is 20.2 Å². The van der Waals surface area contributed by atoms with Gasteiger partial charge in [0.15, 0.2) is 0 Å². The third kappa shape index (κ3) is 3.84. The number of anilines is 1. The fourth-order valence-corrected chi connectivity index (χ4v) is 2.50. The van der Waals surface area contributed by atoms with Gasteiger partial charge in [-0.1, -0.05) is 49.4 Å². The zero-order valence-corrected chi connectivity index (χ0v) is 13.5. The van der Waals surface area contributed by atoms with Gasteiger partial charge >= 0.3 is 0 Å². The van der Waals surface area contributed by atoms with Crippen LogP contribution in [0.3, 0.4) is 0 Å². The van der Waals surface area contributed by atoms with Gasteiger partial charge in [-0.15, -0.1) is 5.10 Å². The molecule has 0 radical (unpaired) electrons. The number of aryl methyl sites for hydroxylation is 1. The molecule has 0 fully saturated rings. The van der Waals surface area contributed by atoms with E-state index in [0.29, 0.717) is 6.42 Å². The first-order chi connectivity index (χ1) is 11.8. The van der Waals surface area contributed by atoms with Crippen LogP contribution in [0.4, 0.5) is 5.69 Å². The Kier molecular flexibility index (Phi) is 4.96. The van der Waals surface area contributed by atoms with Crippen molar-refractivity contribution in [2.24, 2.45) is 0 Å². The van der Waals surface area contributed by atoms with Gasteiger partial charge in [-0.2, -0.15) is 0 Å². The highest BCUT2D eigenvalue weighted by Crippen LogP contribution is 2.17. The molecule has 0 spiro atoms. The molecule has 122 valence electrons. The van der Waals surface area contributed by atoms with Crippen LogP contribution in [0.2, 0.25) is 0 Å². The average Bonchev–Trinajstić information content (AvgIpc) is 3.15. The molecule has 3 rings (SSSR count). The van der Waals surface area contributed by atoms with Crippen LogP contribution in [0.1, 0.15) is 24.1 Å². The highest BCUT2D eigenvalue weighted by atomic mass is 16.2. The molecule has 0 aliphatic carbocycles. The molecular formula is C18H19N5O. The maximum atomic E-state index is 12.7. The topological polar surface area (TPSA) is 72.7 Å². The highest BCUT2D eigenvalue weighted by molar-refractivity contribution is 5.93. The van der Waals surface area contributed by atoms with E-state index in [9.17, 15) is 4.79 Å². The molecule has 0 aliphatic heterocycles. The van der Waals surface area contributed by atoms with Crippen molar-refractivity contribution >= 4 is 11.6 Å². The van der Waals surface area contributed by atoms with Crippen molar-refractivity contribution in [3.8, 4) is 0 Å². The van der Waals surface area contributed by atoms with Crippen molar-refractivity contribution in [3.63, 3.8) is 0 Å². The Bertz CT molecular complexity index is 769. The van der Waals surface area contributed by atoms with Gasteiger partial charge in [-0.25, -0.2) is 4.68 Å². The SMILES string of the molecule is CCc1ccc(NC(=O)[C@H](Cc2ccccc2)n2cnnn2)cc1. The first kappa shape index (κ1) is 15.9. The van der Waals surface area contributed by atoms with E-state index in [0.717, 1.165) is 17.7 Å². The molecule has 1 heterocycles. The summed E-state index contributed by atoms with van der Waals surface area (Å²) in [4.78, 5) is 12.7. The summed E-state index contributed by atoms with van der Waals surface area (Å²) in [5.41, 5.74) is 3.05. The Labute approximate surface area is 140 Å². The van der Waals surface area contributed by atoms with E-state index in [1.165, 1.54) is 16.6 Å². The summed E-state index contributed by atoms with van der Waals surface area (Å²) in [6.07, 6.45) is 2.95. The zero-order chi connectivity index (χ0) is 16.8. The van der Waals surface area contributed by atoms with Gasteiger partial charge in [-0.3, -0.25) is 4.79 Å². The number of rotatable bonds is 6. The second kappa shape index (κ2) is 7.50. The van der Waals surface area contributed by atoms with Gasteiger partial charge in [0.05, 0.1) is 0 Å². The monoisotopic (exact) mass is 321 g/mol. The van der Waals surface area contributed by atoms with E-state index in [4.69, 9.17) is 0 Å². The van der Waals surface area contributed by atoms with Crippen molar-refractivity contribution in [2.45, 2.75) is 25.8 Å². The fraction of sp³-hybridized carbons (Fsp3) is 0.222. The number of hydrogen-bond acceptors (Lipinski definition) is 4. The number of carbonyl (C=O) groups excluding carboxylic acids is 1. The molecule has 2 aromatic carbocycles. The van der Waals surface area contributed by atoms with Crippen molar-refractivity contribution in [2.75, 3.05) is 5.32 Å². The van der Waals surface area contributed by atoms with Crippen molar-refractivity contribution in [1.29, 1.82) is 0 Å². The third-order valence-corrected chi connectivity index (χ3v) is 3.89. The minimum absolute atomic E-state index is 0.143. The third-order valence-electron chi connectivity index (χ3n) is 3.89. The second-order valence-corrected chi connectivity index (χ2v) is 5.54. The molecule has 1 atom stereocenters. The molecule has 3 aromatic rings. The number of nitrogens with zero attached hydrogens (tertiary/aromatic N) is 4. The van der Waals surface area contributed by atoms with Crippen LogP contribution in [0.15, 0.2) is 60.9 Å². The van der Waals surface area contributed by atoms with Crippen LogP contribution in [0.5, 0.6) is 0 Å². The number of amides is 1. The summed E-state index contributed by atoms with van der Waals surface area (Å²) < 4.78 is 1.49. The van der Waals surface area contributed by atoms with Gasteiger partial charge in [0.25, 0.3) is 0 Å². The molecule has 24 heavy (non-hydrogen) atoms. The van der Waals surface area contributed by atoms with Crippen LogP contribution < -0.4 is 5.32 Å². The van der Waals surface area contributed by atoms with Crippen LogP contribution in [0, 0.1) is 0 Å². The van der Waals surface area contributed by atoms with E-state index < -0.39 is 6.04 Å². The van der Waals surface area contributed by atoms with E-state index in [-0.39, 0.29) is 5.91 Å². The lowest BCUT2D eigenvalue weighted by atomic mass is 10.1. The minimum Gasteiger partial charge on any atom is -0.324 e. The van der Waals surface area contributed by atoms with E-state index in [1.54, 1.807) is 0 Å². The molecule has 0 saturated heterocycles. The molecule has 0 saturated carbocycles. The van der Waals surface area contributed by atoms with Gasteiger partial charge in [0, 0.05) is 12.1 Å². The lowest BCUT2D eigenvalue weighted by molar-refractivity contribution is -0.119. The Morgan fingerprint density at radius 2 is 1.83 bits per heavy atom. The molecule has 1 aromatic heterocycles. The lowest BCUT2D eigenvalue weighted by Crippen LogP contribution is -2.28. The highest BCUT2D eigenvalue weighted by Gasteiger charge is 2.22. The Hall–Kier alpha value is -3.02. The van der Waals surface area contributed by atoms with Gasteiger partial charge in [-0.05, 0) is 40.1 Å². The summed E-state index contributed by atoms with van der Waals surface area (Å²) >= 11 is 0. The van der Waals surface area contributed by atoms with Crippen LogP contribution in [0.25, 0.3) is 0 Å². The fourth-order valence-electron chi connectivity index (χ4n) is 2.50. The first-order valence-corrected chi connectivity index (χ1v) is 7.92. The number of carbonyl (C=O) groups is 1. The number of tetrazole rings is 1.